The first-order chi connectivity index (χ1) is 9.22. The molecular weight excluding hydrogens is 322 g/mol. The van der Waals surface area contributed by atoms with Crippen LogP contribution in [0.25, 0.3) is 10.2 Å². The van der Waals surface area contributed by atoms with Gasteiger partial charge >= 0.3 is 0 Å². The molecule has 19 heavy (non-hydrogen) atoms. The molecule has 2 aromatic rings. The van der Waals surface area contributed by atoms with E-state index in [-0.39, 0.29) is 0 Å². The third kappa shape index (κ3) is 1.89. The van der Waals surface area contributed by atoms with Crippen LogP contribution in [0.3, 0.4) is 0 Å². The Bertz CT molecular complexity index is 612. The second kappa shape index (κ2) is 4.42. The standard InChI is InChI=1S/C14H16BrN3S/c1-8-4-12-13(16-7-17-14(12)19-8)18-10-2-3-11(18)6-9(15)5-10/h4,7,9-11H,2-3,5-6H2,1H3. The highest BCUT2D eigenvalue weighted by Gasteiger charge is 2.41. The molecule has 2 fully saturated rings. The molecule has 100 valence electrons. The van der Waals surface area contributed by atoms with Gasteiger partial charge in [0.2, 0.25) is 0 Å². The maximum Gasteiger partial charge on any atom is 0.141 e. The van der Waals surface area contributed by atoms with Crippen LogP contribution in [0.2, 0.25) is 0 Å². The lowest BCUT2D eigenvalue weighted by Crippen LogP contribution is -2.43. The number of nitrogens with zero attached hydrogens (tertiary/aromatic N) is 3. The Morgan fingerprint density at radius 2 is 2.00 bits per heavy atom. The van der Waals surface area contributed by atoms with Gasteiger partial charge in [-0.05, 0) is 38.7 Å². The van der Waals surface area contributed by atoms with E-state index in [1.165, 1.54) is 41.8 Å². The van der Waals surface area contributed by atoms with Crippen LogP contribution in [0.5, 0.6) is 0 Å². The second-order valence-electron chi connectivity index (χ2n) is 5.63. The maximum absolute atomic E-state index is 4.62. The van der Waals surface area contributed by atoms with E-state index in [1.807, 2.05) is 0 Å². The Labute approximate surface area is 125 Å². The zero-order valence-electron chi connectivity index (χ0n) is 10.8. The zero-order chi connectivity index (χ0) is 13.0. The van der Waals surface area contributed by atoms with Crippen molar-refractivity contribution in [3.63, 3.8) is 0 Å². The minimum Gasteiger partial charge on any atom is -0.350 e. The highest BCUT2D eigenvalue weighted by atomic mass is 79.9. The Morgan fingerprint density at radius 3 is 2.74 bits per heavy atom. The molecule has 3 nitrogen and oxygen atoms in total. The molecule has 2 aliphatic rings. The first-order valence-corrected chi connectivity index (χ1v) is 8.59. The molecule has 2 aliphatic heterocycles. The lowest BCUT2D eigenvalue weighted by atomic mass is 10.0. The van der Waals surface area contributed by atoms with Gasteiger partial charge in [0.05, 0.1) is 5.39 Å². The van der Waals surface area contributed by atoms with Crippen molar-refractivity contribution in [1.29, 1.82) is 0 Å². The summed E-state index contributed by atoms with van der Waals surface area (Å²) in [5.74, 6) is 1.17. The van der Waals surface area contributed by atoms with Gasteiger partial charge in [0.1, 0.15) is 17.0 Å². The van der Waals surface area contributed by atoms with Gasteiger partial charge in [-0.2, -0.15) is 0 Å². The molecule has 4 heterocycles. The summed E-state index contributed by atoms with van der Waals surface area (Å²) in [7, 11) is 0. The fraction of sp³-hybridized carbons (Fsp3) is 0.571. The predicted molar refractivity (Wildman–Crippen MR) is 83.4 cm³/mol. The van der Waals surface area contributed by atoms with E-state index < -0.39 is 0 Å². The Balaban J connectivity index is 1.82. The molecule has 0 aliphatic carbocycles. The number of thiophene rings is 1. The number of halogens is 1. The van der Waals surface area contributed by atoms with Gasteiger partial charge in [-0.25, -0.2) is 9.97 Å². The predicted octanol–water partition coefficient (Wildman–Crippen LogP) is 3.89. The summed E-state index contributed by atoms with van der Waals surface area (Å²) in [5.41, 5.74) is 0. The summed E-state index contributed by atoms with van der Waals surface area (Å²) >= 11 is 5.57. The Hall–Kier alpha value is -0.680. The van der Waals surface area contributed by atoms with Crippen LogP contribution in [0.15, 0.2) is 12.4 Å². The number of hydrogen-bond acceptors (Lipinski definition) is 4. The van der Waals surface area contributed by atoms with Crippen LogP contribution in [0.4, 0.5) is 5.82 Å². The molecule has 0 amide bonds. The van der Waals surface area contributed by atoms with E-state index >= 15 is 0 Å². The topological polar surface area (TPSA) is 29.0 Å². The third-order valence-electron chi connectivity index (χ3n) is 4.35. The van der Waals surface area contributed by atoms with Gasteiger partial charge in [0.15, 0.2) is 0 Å². The fourth-order valence-electron chi connectivity index (χ4n) is 3.63. The number of aryl methyl sites for hydroxylation is 1. The molecule has 2 saturated heterocycles. The average molecular weight is 338 g/mol. The smallest absolute Gasteiger partial charge is 0.141 e. The monoisotopic (exact) mass is 337 g/mol. The molecular formula is C14H16BrN3S. The molecule has 0 N–H and O–H groups in total. The van der Waals surface area contributed by atoms with Crippen LogP contribution in [-0.4, -0.2) is 26.9 Å². The van der Waals surface area contributed by atoms with Crippen molar-refractivity contribution >= 4 is 43.3 Å². The molecule has 5 heteroatoms. The highest BCUT2D eigenvalue weighted by Crippen LogP contribution is 2.43. The van der Waals surface area contributed by atoms with E-state index in [2.05, 4.69) is 43.8 Å². The number of anilines is 1. The van der Waals surface area contributed by atoms with E-state index in [1.54, 1.807) is 17.7 Å². The normalized spacial score (nSPS) is 30.2. The first kappa shape index (κ1) is 12.1. The van der Waals surface area contributed by atoms with Crippen molar-refractivity contribution in [2.24, 2.45) is 0 Å². The van der Waals surface area contributed by atoms with Gasteiger partial charge in [0, 0.05) is 21.8 Å². The van der Waals surface area contributed by atoms with E-state index in [0.29, 0.717) is 16.9 Å². The number of aromatic nitrogens is 2. The minimum atomic E-state index is 0.654. The van der Waals surface area contributed by atoms with Crippen LogP contribution >= 0.6 is 27.3 Å². The molecule has 0 aromatic carbocycles. The molecule has 2 atom stereocenters. The van der Waals surface area contributed by atoms with Crippen molar-refractivity contribution in [3.05, 3.63) is 17.3 Å². The van der Waals surface area contributed by atoms with Crippen LogP contribution in [0, 0.1) is 6.92 Å². The van der Waals surface area contributed by atoms with E-state index in [0.717, 1.165) is 4.83 Å². The van der Waals surface area contributed by atoms with E-state index in [9.17, 15) is 0 Å². The number of alkyl halides is 1. The molecule has 0 spiro atoms. The van der Waals surface area contributed by atoms with Crippen LogP contribution in [0.1, 0.15) is 30.6 Å². The largest absolute Gasteiger partial charge is 0.350 e. The van der Waals surface area contributed by atoms with Gasteiger partial charge in [-0.1, -0.05) is 15.9 Å². The van der Waals surface area contributed by atoms with Crippen molar-refractivity contribution in [2.45, 2.75) is 49.5 Å². The molecule has 2 bridgehead atoms. The molecule has 2 unspecified atom stereocenters. The second-order valence-corrected chi connectivity index (χ2v) is 8.16. The van der Waals surface area contributed by atoms with Crippen LogP contribution in [-0.2, 0) is 0 Å². The van der Waals surface area contributed by atoms with Gasteiger partial charge in [-0.15, -0.1) is 11.3 Å². The summed E-state index contributed by atoms with van der Waals surface area (Å²) in [6, 6.07) is 3.55. The molecule has 4 rings (SSSR count). The lowest BCUT2D eigenvalue weighted by Gasteiger charge is -2.38. The lowest BCUT2D eigenvalue weighted by molar-refractivity contribution is 0.480. The minimum absolute atomic E-state index is 0.654. The fourth-order valence-corrected chi connectivity index (χ4v) is 5.33. The molecule has 2 aromatic heterocycles. The molecule has 0 saturated carbocycles. The average Bonchev–Trinajstić information content (AvgIpc) is 2.87. The number of fused-ring (bicyclic) bond motifs is 3. The summed E-state index contributed by atoms with van der Waals surface area (Å²) in [6.07, 6.45) is 6.83. The SMILES string of the molecule is Cc1cc2c(N3C4CCC3CC(Br)C4)ncnc2s1. The number of hydrogen-bond donors (Lipinski definition) is 0. The van der Waals surface area contributed by atoms with Gasteiger partial charge < -0.3 is 4.90 Å². The zero-order valence-corrected chi connectivity index (χ0v) is 13.2. The Morgan fingerprint density at radius 1 is 1.26 bits per heavy atom. The molecule has 0 radical (unpaired) electrons. The quantitative estimate of drug-likeness (QED) is 0.739. The summed E-state index contributed by atoms with van der Waals surface area (Å²) in [4.78, 5) is 14.7. The number of rotatable bonds is 1. The number of piperidine rings is 1. The van der Waals surface area contributed by atoms with Gasteiger partial charge in [0.25, 0.3) is 0 Å². The Kier molecular flexibility index (Phi) is 2.81. The maximum atomic E-state index is 4.62. The van der Waals surface area contributed by atoms with Crippen LogP contribution < -0.4 is 4.90 Å². The third-order valence-corrected chi connectivity index (χ3v) is 6.06. The summed E-state index contributed by atoms with van der Waals surface area (Å²) in [5, 5.41) is 1.25. The van der Waals surface area contributed by atoms with Crippen molar-refractivity contribution < 1.29 is 0 Å². The van der Waals surface area contributed by atoms with Crippen molar-refractivity contribution in [1.82, 2.24) is 9.97 Å². The first-order valence-electron chi connectivity index (χ1n) is 6.86. The van der Waals surface area contributed by atoms with Gasteiger partial charge in [-0.3, -0.25) is 0 Å². The van der Waals surface area contributed by atoms with E-state index in [4.69, 9.17) is 0 Å². The van der Waals surface area contributed by atoms with Crippen molar-refractivity contribution in [3.8, 4) is 0 Å². The highest BCUT2D eigenvalue weighted by molar-refractivity contribution is 9.09. The van der Waals surface area contributed by atoms with Crippen molar-refractivity contribution in [2.75, 3.05) is 4.90 Å². The summed E-state index contributed by atoms with van der Waals surface area (Å²) in [6.45, 7) is 2.15. The summed E-state index contributed by atoms with van der Waals surface area (Å²) < 4.78 is 0.